The largest absolute Gasteiger partial charge is 0.477 e. The van der Waals surface area contributed by atoms with Crippen molar-refractivity contribution >= 4 is 17.6 Å². The first-order chi connectivity index (χ1) is 7.74. The van der Waals surface area contributed by atoms with Crippen LogP contribution in [0.2, 0.25) is 5.02 Å². The molecule has 0 saturated heterocycles. The molecule has 0 fully saturated rings. The lowest BCUT2D eigenvalue weighted by atomic mass is 10.0. The van der Waals surface area contributed by atoms with Crippen molar-refractivity contribution in [2.75, 3.05) is 0 Å². The van der Waals surface area contributed by atoms with Crippen LogP contribution in [-0.4, -0.2) is 17.0 Å². The Morgan fingerprint density at radius 1 is 1.47 bits per heavy atom. The molecule has 1 N–H and O–H groups in total. The highest BCUT2D eigenvalue weighted by Gasteiger charge is 2.38. The second kappa shape index (κ2) is 4.96. The van der Waals surface area contributed by atoms with Crippen LogP contribution in [0.3, 0.4) is 0 Å². The number of carbonyl (C=O) groups is 1. The van der Waals surface area contributed by atoms with Gasteiger partial charge in [-0.05, 0) is 36.6 Å². The highest BCUT2D eigenvalue weighted by Crippen LogP contribution is 2.26. The monoisotopic (exact) mass is 266 g/mol. The lowest BCUT2D eigenvalue weighted by Crippen LogP contribution is -2.28. The molecule has 0 spiro atoms. The third-order valence-corrected chi connectivity index (χ3v) is 2.70. The molecule has 0 unspecified atom stereocenters. The van der Waals surface area contributed by atoms with Gasteiger partial charge in [-0.1, -0.05) is 11.6 Å². The molecule has 0 bridgehead atoms. The molecule has 0 aliphatic heterocycles. The molecule has 0 atom stereocenters. The van der Waals surface area contributed by atoms with Crippen molar-refractivity contribution in [2.24, 2.45) is 0 Å². The number of carboxylic acid groups (broad SMARTS) is 1. The first-order valence-corrected chi connectivity index (χ1v) is 5.17. The van der Waals surface area contributed by atoms with E-state index in [9.17, 15) is 18.0 Å². The summed E-state index contributed by atoms with van der Waals surface area (Å²) in [6.45, 7) is 1.50. The first kappa shape index (κ1) is 13.8. The fraction of sp³-hybridized carbons (Fsp3) is 0.364. The Morgan fingerprint density at radius 2 is 2.06 bits per heavy atom. The molecular formula is C11H10ClF3O2. The number of aliphatic carboxylic acids is 1. The standard InChI is InChI=1S/C11H10ClF3O2/c1-6-4-8(12)7(5-9(6)13)2-3-11(14,15)10(16)17/h4-5H,2-3H2,1H3,(H,16,17). The molecule has 94 valence electrons. The van der Waals surface area contributed by atoms with E-state index in [1.165, 1.54) is 13.0 Å². The summed E-state index contributed by atoms with van der Waals surface area (Å²) in [7, 11) is 0. The van der Waals surface area contributed by atoms with Gasteiger partial charge in [0.1, 0.15) is 5.82 Å². The molecule has 1 rings (SSSR count). The van der Waals surface area contributed by atoms with E-state index in [0.717, 1.165) is 6.07 Å². The maximum Gasteiger partial charge on any atom is 0.374 e. The lowest BCUT2D eigenvalue weighted by Gasteiger charge is -2.12. The zero-order valence-electron chi connectivity index (χ0n) is 8.94. The summed E-state index contributed by atoms with van der Waals surface area (Å²) in [6.07, 6.45) is -1.21. The van der Waals surface area contributed by atoms with E-state index >= 15 is 0 Å². The molecule has 0 aliphatic rings. The second-order valence-corrected chi connectivity index (χ2v) is 4.11. The van der Waals surface area contributed by atoms with Gasteiger partial charge in [-0.25, -0.2) is 9.18 Å². The first-order valence-electron chi connectivity index (χ1n) is 4.80. The molecule has 1 aromatic carbocycles. The Labute approximate surface area is 101 Å². The average Bonchev–Trinajstić information content (AvgIpc) is 2.21. The van der Waals surface area contributed by atoms with Gasteiger partial charge >= 0.3 is 11.9 Å². The third kappa shape index (κ3) is 3.36. The summed E-state index contributed by atoms with van der Waals surface area (Å²) >= 11 is 5.75. The maximum absolute atomic E-state index is 13.2. The Bertz CT molecular complexity index is 447. The molecule has 17 heavy (non-hydrogen) atoms. The van der Waals surface area contributed by atoms with Crippen LogP contribution >= 0.6 is 11.6 Å². The minimum absolute atomic E-state index is 0.157. The van der Waals surface area contributed by atoms with E-state index in [1.54, 1.807) is 0 Å². The quantitative estimate of drug-likeness (QED) is 0.906. The fourth-order valence-electron chi connectivity index (χ4n) is 1.28. The Hall–Kier alpha value is -1.23. The van der Waals surface area contributed by atoms with E-state index in [-0.39, 0.29) is 17.0 Å². The van der Waals surface area contributed by atoms with Crippen LogP contribution in [0.5, 0.6) is 0 Å². The van der Waals surface area contributed by atoms with Gasteiger partial charge in [-0.3, -0.25) is 0 Å². The number of hydrogen-bond donors (Lipinski definition) is 1. The maximum atomic E-state index is 13.2. The zero-order valence-corrected chi connectivity index (χ0v) is 9.69. The van der Waals surface area contributed by atoms with E-state index in [0.29, 0.717) is 5.56 Å². The normalized spacial score (nSPS) is 11.6. The number of benzene rings is 1. The van der Waals surface area contributed by atoms with Crippen LogP contribution in [0.25, 0.3) is 0 Å². The Balaban J connectivity index is 2.83. The highest BCUT2D eigenvalue weighted by atomic mass is 35.5. The molecule has 0 amide bonds. The third-order valence-electron chi connectivity index (χ3n) is 2.35. The van der Waals surface area contributed by atoms with Crippen LogP contribution in [0.1, 0.15) is 17.5 Å². The van der Waals surface area contributed by atoms with Gasteiger partial charge in [0.2, 0.25) is 0 Å². The molecular weight excluding hydrogens is 257 g/mol. The number of carboxylic acids is 1. The minimum atomic E-state index is -3.83. The van der Waals surface area contributed by atoms with Crippen LogP contribution in [0.4, 0.5) is 13.2 Å². The number of halogens is 4. The Kier molecular flexibility index (Phi) is 4.03. The topological polar surface area (TPSA) is 37.3 Å². The smallest absolute Gasteiger partial charge is 0.374 e. The van der Waals surface area contributed by atoms with E-state index < -0.39 is 24.1 Å². The van der Waals surface area contributed by atoms with Gasteiger partial charge in [0.05, 0.1) is 0 Å². The fourth-order valence-corrected chi connectivity index (χ4v) is 1.59. The number of aryl methyl sites for hydroxylation is 2. The zero-order chi connectivity index (χ0) is 13.2. The molecule has 1 aromatic rings. The second-order valence-electron chi connectivity index (χ2n) is 3.70. The minimum Gasteiger partial charge on any atom is -0.477 e. The van der Waals surface area contributed by atoms with Gasteiger partial charge in [-0.15, -0.1) is 0 Å². The number of hydrogen-bond acceptors (Lipinski definition) is 1. The summed E-state index contributed by atoms with van der Waals surface area (Å²) in [5, 5.41) is 8.39. The van der Waals surface area contributed by atoms with E-state index in [2.05, 4.69) is 0 Å². The van der Waals surface area contributed by atoms with Gasteiger partial charge in [0, 0.05) is 11.4 Å². The average molecular weight is 267 g/mol. The van der Waals surface area contributed by atoms with Crippen molar-refractivity contribution in [3.8, 4) is 0 Å². The van der Waals surface area contributed by atoms with Crippen LogP contribution in [0, 0.1) is 12.7 Å². The Morgan fingerprint density at radius 3 is 2.59 bits per heavy atom. The molecule has 2 nitrogen and oxygen atoms in total. The van der Waals surface area contributed by atoms with Crippen molar-refractivity contribution < 1.29 is 23.1 Å². The van der Waals surface area contributed by atoms with Crippen molar-refractivity contribution in [2.45, 2.75) is 25.7 Å². The van der Waals surface area contributed by atoms with Gasteiger partial charge < -0.3 is 5.11 Å². The van der Waals surface area contributed by atoms with Gasteiger partial charge in [0.25, 0.3) is 0 Å². The molecule has 0 aromatic heterocycles. The van der Waals surface area contributed by atoms with Crippen LogP contribution in [-0.2, 0) is 11.2 Å². The number of rotatable bonds is 4. The van der Waals surface area contributed by atoms with Crippen molar-refractivity contribution in [1.82, 2.24) is 0 Å². The van der Waals surface area contributed by atoms with Crippen molar-refractivity contribution in [1.29, 1.82) is 0 Å². The predicted octanol–water partition coefficient (Wildman–Crippen LogP) is 3.44. The predicted molar refractivity (Wildman–Crippen MR) is 57.1 cm³/mol. The molecule has 0 radical (unpaired) electrons. The summed E-state index contributed by atoms with van der Waals surface area (Å²) in [4.78, 5) is 10.2. The van der Waals surface area contributed by atoms with Gasteiger partial charge in [0.15, 0.2) is 0 Å². The molecule has 0 saturated carbocycles. The SMILES string of the molecule is Cc1cc(Cl)c(CCC(F)(F)C(=O)O)cc1F. The van der Waals surface area contributed by atoms with E-state index in [1.807, 2.05) is 0 Å². The summed E-state index contributed by atoms with van der Waals surface area (Å²) in [5.74, 6) is -6.57. The highest BCUT2D eigenvalue weighted by molar-refractivity contribution is 6.31. The van der Waals surface area contributed by atoms with Crippen molar-refractivity contribution in [3.05, 3.63) is 34.1 Å². The van der Waals surface area contributed by atoms with Crippen LogP contribution in [0.15, 0.2) is 12.1 Å². The lowest BCUT2D eigenvalue weighted by molar-refractivity contribution is -0.165. The summed E-state index contributed by atoms with van der Waals surface area (Å²) in [6, 6.07) is 2.38. The molecule has 0 heterocycles. The van der Waals surface area contributed by atoms with Gasteiger partial charge in [-0.2, -0.15) is 8.78 Å². The molecule has 6 heteroatoms. The summed E-state index contributed by atoms with van der Waals surface area (Å²) < 4.78 is 38.8. The summed E-state index contributed by atoms with van der Waals surface area (Å²) in [5.41, 5.74) is 0.486. The van der Waals surface area contributed by atoms with Crippen LogP contribution < -0.4 is 0 Å². The number of alkyl halides is 2. The molecule has 0 aliphatic carbocycles. The van der Waals surface area contributed by atoms with E-state index in [4.69, 9.17) is 16.7 Å². The van der Waals surface area contributed by atoms with Crippen molar-refractivity contribution in [3.63, 3.8) is 0 Å².